The van der Waals surface area contributed by atoms with E-state index in [2.05, 4.69) is 43.0 Å². The Balaban J connectivity index is 2.30. The molecule has 0 aromatic heterocycles. The second-order valence-electron chi connectivity index (χ2n) is 3.75. The Morgan fingerprint density at radius 1 is 0.875 bits per heavy atom. The van der Waals surface area contributed by atoms with E-state index in [0.29, 0.717) is 0 Å². The van der Waals surface area contributed by atoms with Gasteiger partial charge in [0.2, 0.25) is 0 Å². The zero-order valence-electron chi connectivity index (χ0n) is 9.14. The van der Waals surface area contributed by atoms with Gasteiger partial charge < -0.3 is 5.40 Å². The van der Waals surface area contributed by atoms with Crippen molar-refractivity contribution in [2.75, 3.05) is 0 Å². The highest BCUT2D eigenvalue weighted by Gasteiger charge is 2.03. The van der Waals surface area contributed by atoms with E-state index < -0.39 is 8.96 Å². The van der Waals surface area contributed by atoms with Gasteiger partial charge in [0.1, 0.15) is 0 Å². The van der Waals surface area contributed by atoms with Crippen molar-refractivity contribution in [1.82, 2.24) is 0 Å². The number of rotatable bonds is 3. The predicted molar refractivity (Wildman–Crippen MR) is 73.0 cm³/mol. The van der Waals surface area contributed by atoms with E-state index in [4.69, 9.17) is 5.40 Å². The maximum atomic E-state index is 6.00. The highest BCUT2D eigenvalue weighted by Crippen LogP contribution is 2.16. The number of nitrogens with two attached hydrogens (primary N) is 1. The first-order valence-corrected chi connectivity index (χ1v) is 7.26. The van der Waals surface area contributed by atoms with Crippen molar-refractivity contribution in [2.45, 2.75) is 0 Å². The summed E-state index contributed by atoms with van der Waals surface area (Å²) in [4.78, 5) is 0. The van der Waals surface area contributed by atoms with Gasteiger partial charge in [-0.15, -0.1) is 6.58 Å². The smallest absolute Gasteiger partial charge is 0.162 e. The van der Waals surface area contributed by atoms with E-state index in [1.165, 1.54) is 16.3 Å². The van der Waals surface area contributed by atoms with Gasteiger partial charge in [-0.3, -0.25) is 0 Å². The zero-order valence-corrected chi connectivity index (χ0v) is 10.3. The lowest BCUT2D eigenvalue weighted by atomic mass is 10.1. The Morgan fingerprint density at radius 3 is 2.00 bits per heavy atom. The standard InChI is InChI=1S/C14H15NSi/c1-2-16(15)14-10-8-13(9-11-14)12-6-4-3-5-7-12/h2-11,16H,1,15H2. The van der Waals surface area contributed by atoms with Crippen LogP contribution in [-0.4, -0.2) is 8.96 Å². The van der Waals surface area contributed by atoms with E-state index in [-0.39, 0.29) is 0 Å². The topological polar surface area (TPSA) is 26.0 Å². The molecule has 0 saturated heterocycles. The van der Waals surface area contributed by atoms with Crippen LogP contribution in [0.2, 0.25) is 0 Å². The molecule has 2 N–H and O–H groups in total. The SMILES string of the molecule is C=C[SiH](N)c1ccc(-c2ccccc2)cc1. The second-order valence-corrected chi connectivity index (χ2v) is 5.94. The Bertz CT molecular complexity index is 462. The van der Waals surface area contributed by atoms with E-state index in [1.807, 2.05) is 23.9 Å². The molecule has 2 heteroatoms. The first kappa shape index (κ1) is 10.9. The summed E-state index contributed by atoms with van der Waals surface area (Å²) in [6.45, 7) is 3.75. The molecule has 0 fully saturated rings. The molecule has 0 aliphatic carbocycles. The third-order valence-electron chi connectivity index (χ3n) is 2.66. The van der Waals surface area contributed by atoms with Crippen LogP contribution < -0.4 is 10.6 Å². The molecular weight excluding hydrogens is 210 g/mol. The minimum Gasteiger partial charge on any atom is -0.347 e. The number of benzene rings is 2. The summed E-state index contributed by atoms with van der Waals surface area (Å²) in [6, 6.07) is 18.8. The van der Waals surface area contributed by atoms with E-state index in [1.54, 1.807) is 0 Å². The minimum absolute atomic E-state index is 1.23. The lowest BCUT2D eigenvalue weighted by molar-refractivity contribution is 1.63. The lowest BCUT2D eigenvalue weighted by Gasteiger charge is -2.06. The molecule has 1 nitrogen and oxygen atoms in total. The van der Waals surface area contributed by atoms with Crippen LogP contribution in [0.25, 0.3) is 11.1 Å². The summed E-state index contributed by atoms with van der Waals surface area (Å²) >= 11 is 0. The first-order valence-electron chi connectivity index (χ1n) is 5.35. The lowest BCUT2D eigenvalue weighted by Crippen LogP contribution is -2.37. The Hall–Kier alpha value is -1.64. The summed E-state index contributed by atoms with van der Waals surface area (Å²) in [5, 5.41) is 7.24. The van der Waals surface area contributed by atoms with Crippen LogP contribution in [0, 0.1) is 0 Å². The third-order valence-corrected chi connectivity index (χ3v) is 4.32. The molecule has 0 bridgehead atoms. The second kappa shape index (κ2) is 4.92. The summed E-state index contributed by atoms with van der Waals surface area (Å²) in [6.07, 6.45) is 0. The van der Waals surface area contributed by atoms with Crippen molar-refractivity contribution in [3.05, 3.63) is 66.9 Å². The fourth-order valence-electron chi connectivity index (χ4n) is 1.66. The first-order chi connectivity index (χ1) is 7.81. The largest absolute Gasteiger partial charge is 0.347 e. The Labute approximate surface area is 97.9 Å². The van der Waals surface area contributed by atoms with Crippen molar-refractivity contribution in [3.8, 4) is 11.1 Å². The minimum atomic E-state index is -1.39. The maximum Gasteiger partial charge on any atom is 0.162 e. The van der Waals surface area contributed by atoms with E-state index in [9.17, 15) is 0 Å². The zero-order chi connectivity index (χ0) is 11.4. The van der Waals surface area contributed by atoms with Crippen molar-refractivity contribution in [1.29, 1.82) is 0 Å². The number of hydrogen-bond acceptors (Lipinski definition) is 1. The van der Waals surface area contributed by atoms with Crippen LogP contribution in [0.15, 0.2) is 66.9 Å². The Kier molecular flexibility index (Phi) is 3.34. The van der Waals surface area contributed by atoms with Crippen LogP contribution in [0.1, 0.15) is 0 Å². The van der Waals surface area contributed by atoms with Crippen LogP contribution >= 0.6 is 0 Å². The quantitative estimate of drug-likeness (QED) is 0.794. The molecule has 2 aromatic carbocycles. The van der Waals surface area contributed by atoms with Crippen LogP contribution in [0.3, 0.4) is 0 Å². The molecule has 16 heavy (non-hydrogen) atoms. The highest BCUT2D eigenvalue weighted by atomic mass is 28.3. The van der Waals surface area contributed by atoms with Crippen LogP contribution in [0.4, 0.5) is 0 Å². The highest BCUT2D eigenvalue weighted by molar-refractivity contribution is 6.74. The van der Waals surface area contributed by atoms with Crippen molar-refractivity contribution >= 4 is 14.1 Å². The van der Waals surface area contributed by atoms with Crippen LogP contribution in [0.5, 0.6) is 0 Å². The fourth-order valence-corrected chi connectivity index (χ4v) is 2.57. The molecule has 1 atom stereocenters. The van der Waals surface area contributed by atoms with Crippen molar-refractivity contribution in [3.63, 3.8) is 0 Å². The van der Waals surface area contributed by atoms with Gasteiger partial charge >= 0.3 is 0 Å². The van der Waals surface area contributed by atoms with Gasteiger partial charge in [-0.1, -0.05) is 60.3 Å². The average molecular weight is 225 g/mol. The molecule has 0 saturated carbocycles. The van der Waals surface area contributed by atoms with Gasteiger partial charge in [0.05, 0.1) is 0 Å². The van der Waals surface area contributed by atoms with Gasteiger partial charge in [0.15, 0.2) is 8.96 Å². The average Bonchev–Trinajstić information content (AvgIpc) is 2.39. The summed E-state index contributed by atoms with van der Waals surface area (Å²) < 4.78 is 0. The number of hydrogen-bond donors (Lipinski definition) is 1. The molecular formula is C14H15NSi. The molecule has 0 aliphatic rings. The van der Waals surface area contributed by atoms with Gasteiger partial charge in [0, 0.05) is 0 Å². The Morgan fingerprint density at radius 2 is 1.44 bits per heavy atom. The van der Waals surface area contributed by atoms with E-state index >= 15 is 0 Å². The summed E-state index contributed by atoms with van der Waals surface area (Å²) in [7, 11) is -1.39. The van der Waals surface area contributed by atoms with Gasteiger partial charge in [-0.05, 0) is 16.3 Å². The molecule has 0 radical (unpaired) electrons. The van der Waals surface area contributed by atoms with Gasteiger partial charge in [-0.2, -0.15) is 0 Å². The monoisotopic (exact) mass is 225 g/mol. The van der Waals surface area contributed by atoms with Gasteiger partial charge in [-0.25, -0.2) is 0 Å². The molecule has 1 unspecified atom stereocenters. The third kappa shape index (κ3) is 2.29. The molecule has 0 aliphatic heterocycles. The predicted octanol–water partition coefficient (Wildman–Crippen LogP) is 1.97. The fraction of sp³-hybridized carbons (Fsp3) is 0. The molecule has 80 valence electrons. The van der Waals surface area contributed by atoms with E-state index in [0.717, 1.165) is 0 Å². The maximum absolute atomic E-state index is 6.00. The molecule has 0 amide bonds. The van der Waals surface area contributed by atoms with Gasteiger partial charge in [0.25, 0.3) is 0 Å². The molecule has 0 heterocycles. The normalized spacial score (nSPS) is 12.1. The van der Waals surface area contributed by atoms with Crippen molar-refractivity contribution in [2.24, 2.45) is 5.40 Å². The van der Waals surface area contributed by atoms with Crippen LogP contribution in [-0.2, 0) is 0 Å². The molecule has 0 spiro atoms. The molecule has 2 aromatic rings. The summed E-state index contributed by atoms with van der Waals surface area (Å²) in [5.41, 5.74) is 4.36. The molecule has 2 rings (SSSR count). The van der Waals surface area contributed by atoms with Crippen molar-refractivity contribution < 1.29 is 0 Å². The summed E-state index contributed by atoms with van der Waals surface area (Å²) in [5.74, 6) is 0.